The van der Waals surface area contributed by atoms with Gasteiger partial charge in [-0.25, -0.2) is 4.79 Å². The van der Waals surface area contributed by atoms with Crippen molar-refractivity contribution in [3.63, 3.8) is 0 Å². The Morgan fingerprint density at radius 3 is 2.12 bits per heavy atom. The predicted octanol–water partition coefficient (Wildman–Crippen LogP) is 6.07. The van der Waals surface area contributed by atoms with Crippen molar-refractivity contribution in [3.05, 3.63) is 35.9 Å². The Balaban J connectivity index is 3.22. The van der Waals surface area contributed by atoms with Crippen molar-refractivity contribution in [2.45, 2.75) is 79.8 Å². The topological polar surface area (TPSA) is 43.4 Å². The van der Waals surface area contributed by atoms with Crippen molar-refractivity contribution in [3.8, 4) is 0 Å². The highest BCUT2D eigenvalue weighted by Gasteiger charge is 2.45. The van der Waals surface area contributed by atoms with Crippen LogP contribution in [0.2, 0.25) is 0 Å². The van der Waals surface area contributed by atoms with Gasteiger partial charge in [0.05, 0.1) is 5.56 Å². The van der Waals surface area contributed by atoms with E-state index in [1.807, 2.05) is 25.1 Å². The van der Waals surface area contributed by atoms with Gasteiger partial charge in [0.15, 0.2) is 11.9 Å². The van der Waals surface area contributed by atoms with Gasteiger partial charge in [0.1, 0.15) is 0 Å². The fraction of sp³-hybridized carbons (Fsp3) is 0.652. The molecule has 2 unspecified atom stereocenters. The molecule has 0 aromatic heterocycles. The van der Waals surface area contributed by atoms with E-state index in [1.165, 1.54) is 0 Å². The quantitative estimate of drug-likeness (QED) is 0.450. The minimum atomic E-state index is -0.682. The molecule has 0 saturated carbocycles. The largest absolute Gasteiger partial charge is 0.450 e. The van der Waals surface area contributed by atoms with Crippen LogP contribution < -0.4 is 0 Å². The molecule has 0 N–H and O–H groups in total. The van der Waals surface area contributed by atoms with Gasteiger partial charge in [0.25, 0.3) is 0 Å². The van der Waals surface area contributed by atoms with Gasteiger partial charge in [-0.1, -0.05) is 66.2 Å². The van der Waals surface area contributed by atoms with Gasteiger partial charge in [0, 0.05) is 11.8 Å². The van der Waals surface area contributed by atoms with E-state index < -0.39 is 12.1 Å². The van der Waals surface area contributed by atoms with Crippen LogP contribution >= 0.6 is 0 Å². The molecule has 2 atom stereocenters. The Morgan fingerprint density at radius 2 is 1.65 bits per heavy atom. The Labute approximate surface area is 159 Å². The van der Waals surface area contributed by atoms with E-state index in [2.05, 4.69) is 34.6 Å². The summed E-state index contributed by atoms with van der Waals surface area (Å²) < 4.78 is 5.91. The predicted molar refractivity (Wildman–Crippen MR) is 107 cm³/mol. The van der Waals surface area contributed by atoms with E-state index in [1.54, 1.807) is 12.1 Å². The van der Waals surface area contributed by atoms with Crippen LogP contribution in [0, 0.1) is 17.3 Å². The number of hydrogen-bond acceptors (Lipinski definition) is 3. The summed E-state index contributed by atoms with van der Waals surface area (Å²) in [5.74, 6) is 0.450. The normalized spacial score (nSPS) is 14.9. The maximum atomic E-state index is 13.0. The summed E-state index contributed by atoms with van der Waals surface area (Å²) in [5.41, 5.74) is 0.181. The van der Waals surface area contributed by atoms with Gasteiger partial charge < -0.3 is 4.74 Å². The molecule has 1 rings (SSSR count). The molecular weight excluding hydrogens is 324 g/mol. The molecule has 0 aliphatic rings. The first-order valence-corrected chi connectivity index (χ1v) is 10.1. The van der Waals surface area contributed by atoms with E-state index in [4.69, 9.17) is 4.74 Å². The summed E-state index contributed by atoms with van der Waals surface area (Å²) in [6.07, 6.45) is 3.26. The number of ether oxygens (including phenoxy) is 1. The van der Waals surface area contributed by atoms with Gasteiger partial charge in [-0.05, 0) is 43.2 Å². The molecular formula is C23H36O3. The van der Waals surface area contributed by atoms with Crippen molar-refractivity contribution in [1.82, 2.24) is 0 Å². The summed E-state index contributed by atoms with van der Waals surface area (Å²) in [4.78, 5) is 25.7. The van der Waals surface area contributed by atoms with Crippen LogP contribution in [0.4, 0.5) is 0 Å². The average Bonchev–Trinajstić information content (AvgIpc) is 2.61. The monoisotopic (exact) mass is 360 g/mol. The Kier molecular flexibility index (Phi) is 9.04. The number of carbonyl (C=O) groups is 2. The lowest BCUT2D eigenvalue weighted by Gasteiger charge is -2.42. The number of ketones is 1. The van der Waals surface area contributed by atoms with Crippen LogP contribution in [0.3, 0.4) is 0 Å². The summed E-state index contributed by atoms with van der Waals surface area (Å²) >= 11 is 0. The van der Waals surface area contributed by atoms with E-state index in [0.29, 0.717) is 17.9 Å². The number of benzene rings is 1. The second-order valence-corrected chi connectivity index (χ2v) is 8.04. The Bertz CT molecular complexity index is 562. The SMILES string of the molecule is CCCC(=O)C(OC(=O)c1ccccc1)C(CC)(CCC(C)C)C(C)C. The van der Waals surface area contributed by atoms with Crippen LogP contribution in [-0.2, 0) is 9.53 Å². The molecule has 0 aliphatic carbocycles. The van der Waals surface area contributed by atoms with Crippen molar-refractivity contribution < 1.29 is 14.3 Å². The fourth-order valence-electron chi connectivity index (χ4n) is 3.68. The highest BCUT2D eigenvalue weighted by atomic mass is 16.5. The molecule has 0 spiro atoms. The molecule has 3 nitrogen and oxygen atoms in total. The fourth-order valence-corrected chi connectivity index (χ4v) is 3.68. The van der Waals surface area contributed by atoms with Gasteiger partial charge in [-0.15, -0.1) is 0 Å². The standard InChI is InChI=1S/C23H36O3/c1-7-12-20(24)21(26-22(25)19-13-10-9-11-14-19)23(8-2,18(5)6)16-15-17(3)4/h9-11,13-14,17-18,21H,7-8,12,15-16H2,1-6H3. The molecule has 0 bridgehead atoms. The molecule has 0 heterocycles. The molecule has 1 aromatic carbocycles. The highest BCUT2D eigenvalue weighted by Crippen LogP contribution is 2.43. The molecule has 0 aliphatic heterocycles. The van der Waals surface area contributed by atoms with Gasteiger partial charge >= 0.3 is 5.97 Å². The molecule has 26 heavy (non-hydrogen) atoms. The zero-order valence-electron chi connectivity index (χ0n) is 17.4. The molecule has 0 amide bonds. The first kappa shape index (κ1) is 22.4. The third-order valence-corrected chi connectivity index (χ3v) is 5.54. The molecule has 1 aromatic rings. The number of hydrogen-bond donors (Lipinski definition) is 0. The lowest BCUT2D eigenvalue weighted by Crippen LogP contribution is -2.47. The summed E-state index contributed by atoms with van der Waals surface area (Å²) in [7, 11) is 0. The van der Waals surface area contributed by atoms with Crippen molar-refractivity contribution in [2.24, 2.45) is 17.3 Å². The number of carbonyl (C=O) groups excluding carboxylic acids is 2. The number of Topliss-reactive ketones (excluding diaryl/α,β-unsaturated/α-hetero) is 1. The van der Waals surface area contributed by atoms with Gasteiger partial charge in [-0.2, -0.15) is 0 Å². The minimum absolute atomic E-state index is 0.0519. The number of esters is 1. The first-order chi connectivity index (χ1) is 12.3. The number of rotatable bonds is 11. The van der Waals surface area contributed by atoms with Gasteiger partial charge in [-0.3, -0.25) is 4.79 Å². The third kappa shape index (κ3) is 5.69. The van der Waals surface area contributed by atoms with E-state index in [9.17, 15) is 9.59 Å². The second-order valence-electron chi connectivity index (χ2n) is 8.04. The molecule has 0 saturated heterocycles. The third-order valence-electron chi connectivity index (χ3n) is 5.54. The maximum absolute atomic E-state index is 13.0. The zero-order chi connectivity index (χ0) is 19.7. The molecule has 0 fully saturated rings. The van der Waals surface area contributed by atoms with Crippen LogP contribution in [0.1, 0.15) is 84.0 Å². The first-order valence-electron chi connectivity index (χ1n) is 10.1. The van der Waals surface area contributed by atoms with E-state index in [0.717, 1.165) is 25.7 Å². The minimum Gasteiger partial charge on any atom is -0.450 e. The summed E-state index contributed by atoms with van der Waals surface area (Å²) in [6.45, 7) is 12.8. The molecule has 3 heteroatoms. The Morgan fingerprint density at radius 1 is 1.04 bits per heavy atom. The van der Waals surface area contributed by atoms with Crippen molar-refractivity contribution in [1.29, 1.82) is 0 Å². The van der Waals surface area contributed by atoms with Crippen LogP contribution in [0.25, 0.3) is 0 Å². The maximum Gasteiger partial charge on any atom is 0.338 e. The van der Waals surface area contributed by atoms with E-state index >= 15 is 0 Å². The summed E-state index contributed by atoms with van der Waals surface area (Å²) in [5, 5.41) is 0. The Hall–Kier alpha value is -1.64. The smallest absolute Gasteiger partial charge is 0.338 e. The lowest BCUT2D eigenvalue weighted by atomic mass is 9.65. The average molecular weight is 361 g/mol. The van der Waals surface area contributed by atoms with Crippen LogP contribution in [-0.4, -0.2) is 17.9 Å². The molecule has 0 radical (unpaired) electrons. The van der Waals surface area contributed by atoms with Crippen molar-refractivity contribution >= 4 is 11.8 Å². The zero-order valence-corrected chi connectivity index (χ0v) is 17.4. The van der Waals surface area contributed by atoms with Crippen LogP contribution in [0.5, 0.6) is 0 Å². The molecule has 146 valence electrons. The van der Waals surface area contributed by atoms with Crippen LogP contribution in [0.15, 0.2) is 30.3 Å². The lowest BCUT2D eigenvalue weighted by molar-refractivity contribution is -0.139. The summed E-state index contributed by atoms with van der Waals surface area (Å²) in [6, 6.07) is 8.96. The van der Waals surface area contributed by atoms with E-state index in [-0.39, 0.29) is 17.1 Å². The van der Waals surface area contributed by atoms with Gasteiger partial charge in [0.2, 0.25) is 0 Å². The highest BCUT2D eigenvalue weighted by molar-refractivity contribution is 5.93. The second kappa shape index (κ2) is 10.5. The van der Waals surface area contributed by atoms with Crippen molar-refractivity contribution in [2.75, 3.05) is 0 Å².